The molecule has 5 heteroatoms. The Bertz CT molecular complexity index is 377. The molecule has 19 heavy (non-hydrogen) atoms. The molecule has 1 saturated heterocycles. The first-order chi connectivity index (χ1) is 8.97. The molecule has 0 radical (unpaired) electrons. The van der Waals surface area contributed by atoms with Crippen LogP contribution in [0.15, 0.2) is 0 Å². The third-order valence-electron chi connectivity index (χ3n) is 4.00. The van der Waals surface area contributed by atoms with Crippen molar-refractivity contribution in [1.82, 2.24) is 9.62 Å². The molecule has 0 aromatic carbocycles. The Balaban J connectivity index is 1.79. The topological polar surface area (TPSA) is 49.4 Å². The molecule has 0 spiro atoms. The molecule has 0 bridgehead atoms. The highest BCUT2D eigenvalue weighted by atomic mass is 32.2. The lowest BCUT2D eigenvalue weighted by Gasteiger charge is -2.32. The van der Waals surface area contributed by atoms with Crippen molar-refractivity contribution in [3.8, 4) is 0 Å². The highest BCUT2D eigenvalue weighted by molar-refractivity contribution is 7.89. The molecule has 4 nitrogen and oxygen atoms in total. The predicted octanol–water partition coefficient (Wildman–Crippen LogP) is 1.68. The first-order valence-electron chi connectivity index (χ1n) is 7.66. The summed E-state index contributed by atoms with van der Waals surface area (Å²) in [7, 11) is -2.99. The minimum atomic E-state index is -2.99. The Kier molecular flexibility index (Phi) is 5.26. The molecule has 1 heterocycles. The van der Waals surface area contributed by atoms with E-state index in [1.165, 1.54) is 0 Å². The second-order valence-electron chi connectivity index (χ2n) is 6.64. The number of piperidine rings is 1. The van der Waals surface area contributed by atoms with E-state index in [9.17, 15) is 8.42 Å². The summed E-state index contributed by atoms with van der Waals surface area (Å²) in [6.45, 7) is 7.81. The van der Waals surface area contributed by atoms with Gasteiger partial charge in [-0.1, -0.05) is 13.8 Å². The monoisotopic (exact) mass is 288 g/mol. The van der Waals surface area contributed by atoms with Gasteiger partial charge in [0.2, 0.25) is 10.0 Å². The average Bonchev–Trinajstić information content (AvgIpc) is 3.12. The van der Waals surface area contributed by atoms with Gasteiger partial charge in [-0.05, 0) is 56.5 Å². The van der Waals surface area contributed by atoms with Crippen molar-refractivity contribution in [2.75, 3.05) is 31.9 Å². The molecule has 2 fully saturated rings. The maximum absolute atomic E-state index is 12.3. The smallest absolute Gasteiger partial charge is 0.214 e. The predicted molar refractivity (Wildman–Crippen MR) is 78.5 cm³/mol. The molecule has 2 rings (SSSR count). The van der Waals surface area contributed by atoms with Crippen LogP contribution in [0.3, 0.4) is 0 Å². The van der Waals surface area contributed by atoms with Crippen molar-refractivity contribution in [3.05, 3.63) is 0 Å². The van der Waals surface area contributed by atoms with E-state index in [0.29, 0.717) is 23.5 Å². The number of nitrogens with zero attached hydrogens (tertiary/aromatic N) is 1. The third kappa shape index (κ3) is 5.04. The lowest BCUT2D eigenvalue weighted by Crippen LogP contribution is -2.44. The van der Waals surface area contributed by atoms with Crippen LogP contribution in [-0.4, -0.2) is 44.7 Å². The van der Waals surface area contributed by atoms with E-state index in [2.05, 4.69) is 19.2 Å². The van der Waals surface area contributed by atoms with Crippen LogP contribution in [-0.2, 0) is 10.0 Å². The van der Waals surface area contributed by atoms with E-state index in [1.54, 1.807) is 4.31 Å². The first-order valence-corrected chi connectivity index (χ1v) is 9.27. The summed E-state index contributed by atoms with van der Waals surface area (Å²) in [4.78, 5) is 0. The van der Waals surface area contributed by atoms with E-state index >= 15 is 0 Å². The molecule has 0 aromatic rings. The van der Waals surface area contributed by atoms with Crippen molar-refractivity contribution in [1.29, 1.82) is 0 Å². The number of sulfonamides is 1. The summed E-state index contributed by atoms with van der Waals surface area (Å²) in [6.07, 6.45) is 4.37. The summed E-state index contributed by atoms with van der Waals surface area (Å²) in [5.41, 5.74) is 0. The second kappa shape index (κ2) is 6.55. The van der Waals surface area contributed by atoms with Crippen LogP contribution in [0.25, 0.3) is 0 Å². The quantitative estimate of drug-likeness (QED) is 0.775. The van der Waals surface area contributed by atoms with Gasteiger partial charge in [0, 0.05) is 13.1 Å². The van der Waals surface area contributed by atoms with Gasteiger partial charge in [0.25, 0.3) is 0 Å². The lowest BCUT2D eigenvalue weighted by molar-refractivity contribution is 0.258. The molecule has 1 aliphatic heterocycles. The summed E-state index contributed by atoms with van der Waals surface area (Å²) >= 11 is 0. The van der Waals surface area contributed by atoms with Gasteiger partial charge in [0.15, 0.2) is 0 Å². The Morgan fingerprint density at radius 2 is 1.95 bits per heavy atom. The fraction of sp³-hybridized carbons (Fsp3) is 1.00. The fourth-order valence-corrected chi connectivity index (χ4v) is 4.70. The summed E-state index contributed by atoms with van der Waals surface area (Å²) < 4.78 is 26.3. The van der Waals surface area contributed by atoms with E-state index in [4.69, 9.17) is 0 Å². The molecule has 1 atom stereocenters. The van der Waals surface area contributed by atoms with Crippen molar-refractivity contribution in [2.45, 2.75) is 39.5 Å². The van der Waals surface area contributed by atoms with Crippen LogP contribution in [0.2, 0.25) is 0 Å². The first kappa shape index (κ1) is 15.3. The molecule has 1 N–H and O–H groups in total. The standard InChI is InChI=1S/C14H28N2O2S/c1-12(2)8-15-9-14-4-3-7-16(10-14)19(17,18)11-13-5-6-13/h12-15H,3-11H2,1-2H3. The third-order valence-corrected chi connectivity index (χ3v) is 6.02. The molecular formula is C14H28N2O2S. The number of rotatable bonds is 7. The van der Waals surface area contributed by atoms with Crippen molar-refractivity contribution < 1.29 is 8.42 Å². The van der Waals surface area contributed by atoms with Gasteiger partial charge >= 0.3 is 0 Å². The zero-order valence-corrected chi connectivity index (χ0v) is 13.1. The molecule has 2 aliphatic rings. The highest BCUT2D eigenvalue weighted by Gasteiger charge is 2.34. The Morgan fingerprint density at radius 3 is 2.58 bits per heavy atom. The van der Waals surface area contributed by atoms with Crippen molar-refractivity contribution in [3.63, 3.8) is 0 Å². The average molecular weight is 288 g/mol. The van der Waals surface area contributed by atoms with Crippen molar-refractivity contribution in [2.24, 2.45) is 17.8 Å². The van der Waals surface area contributed by atoms with Crippen LogP contribution >= 0.6 is 0 Å². The van der Waals surface area contributed by atoms with Gasteiger partial charge in [-0.2, -0.15) is 0 Å². The maximum Gasteiger partial charge on any atom is 0.214 e. The van der Waals surface area contributed by atoms with Gasteiger partial charge in [-0.25, -0.2) is 12.7 Å². The summed E-state index contributed by atoms with van der Waals surface area (Å²) in [6, 6.07) is 0. The van der Waals surface area contributed by atoms with Gasteiger partial charge in [-0.15, -0.1) is 0 Å². The van der Waals surface area contributed by atoms with Gasteiger partial charge in [0.05, 0.1) is 5.75 Å². The van der Waals surface area contributed by atoms with Gasteiger partial charge in [0.1, 0.15) is 0 Å². The minimum absolute atomic E-state index is 0.388. The lowest BCUT2D eigenvalue weighted by atomic mass is 9.99. The highest BCUT2D eigenvalue weighted by Crippen LogP contribution is 2.32. The largest absolute Gasteiger partial charge is 0.316 e. The molecule has 1 saturated carbocycles. The number of hydrogen-bond acceptors (Lipinski definition) is 3. The SMILES string of the molecule is CC(C)CNCC1CCCN(S(=O)(=O)CC2CC2)C1. The summed E-state index contributed by atoms with van der Waals surface area (Å²) in [5, 5.41) is 3.46. The van der Waals surface area contributed by atoms with Crippen LogP contribution in [0.5, 0.6) is 0 Å². The van der Waals surface area contributed by atoms with Gasteiger partial charge in [-0.3, -0.25) is 0 Å². The van der Waals surface area contributed by atoms with Crippen LogP contribution in [0, 0.1) is 17.8 Å². The van der Waals surface area contributed by atoms with Crippen LogP contribution in [0.4, 0.5) is 0 Å². The summed E-state index contributed by atoms with van der Waals surface area (Å²) in [5.74, 6) is 1.98. The van der Waals surface area contributed by atoms with E-state index in [0.717, 1.165) is 51.9 Å². The Hall–Kier alpha value is -0.130. The zero-order valence-electron chi connectivity index (χ0n) is 12.3. The Morgan fingerprint density at radius 1 is 1.21 bits per heavy atom. The molecule has 1 aliphatic carbocycles. The fourth-order valence-electron chi connectivity index (χ4n) is 2.71. The zero-order chi connectivity index (χ0) is 13.9. The maximum atomic E-state index is 12.3. The van der Waals surface area contributed by atoms with Gasteiger partial charge < -0.3 is 5.32 Å². The Labute approximate surface area is 118 Å². The molecule has 0 amide bonds. The molecule has 112 valence electrons. The molecule has 0 aromatic heterocycles. The minimum Gasteiger partial charge on any atom is -0.316 e. The van der Waals surface area contributed by atoms with Crippen molar-refractivity contribution >= 4 is 10.0 Å². The number of nitrogens with one attached hydrogen (secondary N) is 1. The van der Waals surface area contributed by atoms with E-state index in [1.807, 2.05) is 0 Å². The normalized spacial score (nSPS) is 25.9. The van der Waals surface area contributed by atoms with E-state index < -0.39 is 10.0 Å². The van der Waals surface area contributed by atoms with Crippen LogP contribution in [0.1, 0.15) is 39.5 Å². The number of hydrogen-bond donors (Lipinski definition) is 1. The molecule has 1 unspecified atom stereocenters. The van der Waals surface area contributed by atoms with Crippen LogP contribution < -0.4 is 5.32 Å². The molecular weight excluding hydrogens is 260 g/mol. The van der Waals surface area contributed by atoms with E-state index in [-0.39, 0.29) is 0 Å². The second-order valence-corrected chi connectivity index (χ2v) is 8.65.